The quantitative estimate of drug-likeness (QED) is 0.509. The third-order valence-electron chi connectivity index (χ3n) is 2.12. The standard InChI is InChI=1S/C11H12O2/c1-2-5-10-8-9-6-3-4-7-11(9)13-12-10/h2-4,6-7,10H,1,5,8H2. The molecule has 0 saturated heterocycles. The van der Waals surface area contributed by atoms with Gasteiger partial charge in [-0.15, -0.1) is 6.58 Å². The summed E-state index contributed by atoms with van der Waals surface area (Å²) in [5, 5.41) is 0. The second-order valence-corrected chi connectivity index (χ2v) is 3.14. The zero-order chi connectivity index (χ0) is 9.10. The van der Waals surface area contributed by atoms with Gasteiger partial charge in [0.05, 0.1) is 0 Å². The molecular formula is C11H12O2. The Kier molecular flexibility index (Phi) is 2.32. The van der Waals surface area contributed by atoms with Gasteiger partial charge in [-0.3, -0.25) is 0 Å². The van der Waals surface area contributed by atoms with Gasteiger partial charge < -0.3 is 4.89 Å². The molecule has 0 saturated carbocycles. The largest absolute Gasteiger partial charge is 0.337 e. The van der Waals surface area contributed by atoms with Gasteiger partial charge >= 0.3 is 0 Å². The Bertz CT molecular complexity index is 307. The van der Waals surface area contributed by atoms with Gasteiger partial charge in [-0.1, -0.05) is 24.3 Å². The summed E-state index contributed by atoms with van der Waals surface area (Å²) in [7, 11) is 0. The van der Waals surface area contributed by atoms with Gasteiger partial charge in [0.1, 0.15) is 6.10 Å². The Morgan fingerprint density at radius 2 is 2.31 bits per heavy atom. The first kappa shape index (κ1) is 8.32. The van der Waals surface area contributed by atoms with E-state index in [1.165, 1.54) is 5.56 Å². The smallest absolute Gasteiger partial charge is 0.168 e. The SMILES string of the molecule is C=CCC1Cc2ccccc2OO1. The van der Waals surface area contributed by atoms with E-state index in [-0.39, 0.29) is 6.10 Å². The van der Waals surface area contributed by atoms with Gasteiger partial charge in [0.15, 0.2) is 5.75 Å². The van der Waals surface area contributed by atoms with E-state index >= 15 is 0 Å². The molecule has 1 aliphatic rings. The lowest BCUT2D eigenvalue weighted by atomic mass is 10.0. The number of rotatable bonds is 2. The molecule has 2 nitrogen and oxygen atoms in total. The number of hydrogen-bond donors (Lipinski definition) is 0. The minimum atomic E-state index is 0.118. The van der Waals surface area contributed by atoms with Crippen molar-refractivity contribution in [3.63, 3.8) is 0 Å². The lowest BCUT2D eigenvalue weighted by Crippen LogP contribution is -2.22. The summed E-state index contributed by atoms with van der Waals surface area (Å²) in [5.41, 5.74) is 1.21. The number of para-hydroxylation sites is 1. The molecule has 2 rings (SSSR count). The van der Waals surface area contributed by atoms with Crippen molar-refractivity contribution in [3.05, 3.63) is 42.5 Å². The van der Waals surface area contributed by atoms with Crippen LogP contribution in [0.3, 0.4) is 0 Å². The summed E-state index contributed by atoms with van der Waals surface area (Å²) in [6, 6.07) is 7.93. The van der Waals surface area contributed by atoms with E-state index in [2.05, 4.69) is 12.6 Å². The number of fused-ring (bicyclic) bond motifs is 1. The van der Waals surface area contributed by atoms with Crippen LogP contribution in [0.25, 0.3) is 0 Å². The molecule has 0 fully saturated rings. The summed E-state index contributed by atoms with van der Waals surface area (Å²) >= 11 is 0. The highest BCUT2D eigenvalue weighted by molar-refractivity contribution is 5.34. The molecule has 1 aromatic carbocycles. The summed E-state index contributed by atoms with van der Waals surface area (Å²) in [5.74, 6) is 0.836. The molecular weight excluding hydrogens is 164 g/mol. The van der Waals surface area contributed by atoms with Crippen molar-refractivity contribution in [2.75, 3.05) is 0 Å². The minimum Gasteiger partial charge on any atom is -0.337 e. The van der Waals surface area contributed by atoms with E-state index in [0.717, 1.165) is 18.6 Å². The summed E-state index contributed by atoms with van der Waals surface area (Å²) in [6.07, 6.45) is 3.70. The van der Waals surface area contributed by atoms with Gasteiger partial charge in [0, 0.05) is 12.0 Å². The first-order chi connectivity index (χ1) is 6.40. The second kappa shape index (κ2) is 3.62. The molecule has 0 spiro atoms. The molecule has 1 heterocycles. The molecule has 1 unspecified atom stereocenters. The topological polar surface area (TPSA) is 18.5 Å². The predicted molar refractivity (Wildman–Crippen MR) is 50.5 cm³/mol. The fourth-order valence-electron chi connectivity index (χ4n) is 1.46. The van der Waals surface area contributed by atoms with Crippen LogP contribution in [-0.4, -0.2) is 6.10 Å². The van der Waals surface area contributed by atoms with Gasteiger partial charge in [-0.05, 0) is 12.5 Å². The molecule has 1 aromatic rings. The van der Waals surface area contributed by atoms with Crippen molar-refractivity contribution < 1.29 is 9.78 Å². The Labute approximate surface area is 77.7 Å². The fraction of sp³-hybridized carbons (Fsp3) is 0.273. The van der Waals surface area contributed by atoms with Crippen molar-refractivity contribution in [3.8, 4) is 5.75 Å². The second-order valence-electron chi connectivity index (χ2n) is 3.14. The van der Waals surface area contributed by atoms with Crippen LogP contribution in [0.15, 0.2) is 36.9 Å². The van der Waals surface area contributed by atoms with E-state index in [1.807, 2.05) is 24.3 Å². The molecule has 0 radical (unpaired) electrons. The first-order valence-electron chi connectivity index (χ1n) is 4.42. The fourth-order valence-corrected chi connectivity index (χ4v) is 1.46. The monoisotopic (exact) mass is 176 g/mol. The van der Waals surface area contributed by atoms with Gasteiger partial charge in [-0.2, -0.15) is 4.89 Å². The van der Waals surface area contributed by atoms with Crippen LogP contribution in [0.2, 0.25) is 0 Å². The summed E-state index contributed by atoms with van der Waals surface area (Å²) < 4.78 is 0. The summed E-state index contributed by atoms with van der Waals surface area (Å²) in [4.78, 5) is 10.3. The van der Waals surface area contributed by atoms with Crippen LogP contribution < -0.4 is 4.89 Å². The van der Waals surface area contributed by atoms with Gasteiger partial charge in [0.25, 0.3) is 0 Å². The molecule has 0 bridgehead atoms. The highest BCUT2D eigenvalue weighted by atomic mass is 17.2. The maximum Gasteiger partial charge on any atom is 0.168 e. The van der Waals surface area contributed by atoms with Crippen LogP contribution in [0.5, 0.6) is 5.75 Å². The molecule has 1 aliphatic heterocycles. The molecule has 13 heavy (non-hydrogen) atoms. The molecule has 68 valence electrons. The van der Waals surface area contributed by atoms with E-state index < -0.39 is 0 Å². The molecule has 0 amide bonds. The highest BCUT2D eigenvalue weighted by Gasteiger charge is 2.19. The summed E-state index contributed by atoms with van der Waals surface area (Å²) in [6.45, 7) is 3.68. The van der Waals surface area contributed by atoms with Gasteiger partial charge in [-0.25, -0.2) is 0 Å². The lowest BCUT2D eigenvalue weighted by Gasteiger charge is -2.22. The van der Waals surface area contributed by atoms with Crippen molar-refractivity contribution in [2.45, 2.75) is 18.9 Å². The lowest BCUT2D eigenvalue weighted by molar-refractivity contribution is -0.253. The van der Waals surface area contributed by atoms with Crippen LogP contribution >= 0.6 is 0 Å². The van der Waals surface area contributed by atoms with Crippen LogP contribution in [0.4, 0.5) is 0 Å². The van der Waals surface area contributed by atoms with E-state index in [9.17, 15) is 0 Å². The van der Waals surface area contributed by atoms with E-state index in [0.29, 0.717) is 0 Å². The first-order valence-corrected chi connectivity index (χ1v) is 4.42. The zero-order valence-corrected chi connectivity index (χ0v) is 7.40. The van der Waals surface area contributed by atoms with Crippen molar-refractivity contribution in [2.24, 2.45) is 0 Å². The van der Waals surface area contributed by atoms with Gasteiger partial charge in [0.2, 0.25) is 0 Å². The van der Waals surface area contributed by atoms with Crippen LogP contribution in [0, 0.1) is 0 Å². The Hall–Kier alpha value is -1.28. The average molecular weight is 176 g/mol. The normalized spacial score (nSPS) is 20.2. The maximum absolute atomic E-state index is 5.17. The Balaban J connectivity index is 2.15. The predicted octanol–water partition coefficient (Wildman–Crippen LogP) is 2.50. The minimum absolute atomic E-state index is 0.118. The van der Waals surface area contributed by atoms with Crippen LogP contribution in [-0.2, 0) is 11.3 Å². The van der Waals surface area contributed by atoms with Crippen molar-refractivity contribution >= 4 is 0 Å². The van der Waals surface area contributed by atoms with Crippen molar-refractivity contribution in [1.82, 2.24) is 0 Å². The highest BCUT2D eigenvalue weighted by Crippen LogP contribution is 2.26. The van der Waals surface area contributed by atoms with Crippen molar-refractivity contribution in [1.29, 1.82) is 0 Å². The molecule has 1 atom stereocenters. The number of hydrogen-bond acceptors (Lipinski definition) is 2. The molecule has 0 aliphatic carbocycles. The third kappa shape index (κ3) is 1.73. The zero-order valence-electron chi connectivity index (χ0n) is 7.40. The Morgan fingerprint density at radius 1 is 1.46 bits per heavy atom. The Morgan fingerprint density at radius 3 is 3.15 bits per heavy atom. The molecule has 2 heteroatoms. The average Bonchev–Trinajstić information content (AvgIpc) is 2.18. The van der Waals surface area contributed by atoms with Crippen LogP contribution in [0.1, 0.15) is 12.0 Å². The molecule has 0 aromatic heterocycles. The van der Waals surface area contributed by atoms with E-state index in [4.69, 9.17) is 9.78 Å². The van der Waals surface area contributed by atoms with E-state index in [1.54, 1.807) is 0 Å². The third-order valence-corrected chi connectivity index (χ3v) is 2.12. The molecule has 0 N–H and O–H groups in total. The number of benzene rings is 1. The maximum atomic E-state index is 5.17.